The number of benzene rings is 1. The third-order valence-corrected chi connectivity index (χ3v) is 3.17. The van der Waals surface area contributed by atoms with Crippen LogP contribution in [-0.4, -0.2) is 35.8 Å². The van der Waals surface area contributed by atoms with E-state index in [0.717, 1.165) is 6.42 Å². The van der Waals surface area contributed by atoms with E-state index in [1.165, 1.54) is 24.3 Å². The van der Waals surface area contributed by atoms with E-state index in [9.17, 15) is 14.0 Å². The maximum absolute atomic E-state index is 12.7. The second-order valence-corrected chi connectivity index (χ2v) is 4.59. The Morgan fingerprint density at radius 3 is 2.68 bits per heavy atom. The van der Waals surface area contributed by atoms with Gasteiger partial charge in [-0.05, 0) is 43.7 Å². The fourth-order valence-corrected chi connectivity index (χ4v) is 2.26. The van der Waals surface area contributed by atoms with Gasteiger partial charge in [0.1, 0.15) is 5.82 Å². The van der Waals surface area contributed by atoms with Gasteiger partial charge in [0.2, 0.25) is 11.8 Å². The summed E-state index contributed by atoms with van der Waals surface area (Å²) >= 11 is 0. The summed E-state index contributed by atoms with van der Waals surface area (Å²) in [5.41, 5.74) is 5.81. The van der Waals surface area contributed by atoms with Crippen molar-refractivity contribution in [1.82, 2.24) is 4.90 Å². The third kappa shape index (κ3) is 3.51. The van der Waals surface area contributed by atoms with Crippen LogP contribution >= 0.6 is 0 Å². The van der Waals surface area contributed by atoms with E-state index < -0.39 is 5.91 Å². The summed E-state index contributed by atoms with van der Waals surface area (Å²) in [6.45, 7) is 0.801. The van der Waals surface area contributed by atoms with E-state index in [2.05, 4.69) is 5.32 Å². The summed E-state index contributed by atoms with van der Waals surface area (Å²) in [5, 5.41) is 2.66. The molecule has 1 aromatic carbocycles. The Bertz CT molecular complexity index is 475. The quantitative estimate of drug-likeness (QED) is 0.842. The number of nitrogens with zero attached hydrogens (tertiary/aromatic N) is 1. The zero-order valence-corrected chi connectivity index (χ0v) is 10.4. The summed E-state index contributed by atoms with van der Waals surface area (Å²) in [6.07, 6.45) is 1.55. The van der Waals surface area contributed by atoms with E-state index in [1.54, 1.807) is 4.90 Å². The lowest BCUT2D eigenvalue weighted by Gasteiger charge is -2.20. The first-order valence-corrected chi connectivity index (χ1v) is 6.15. The van der Waals surface area contributed by atoms with Crippen LogP contribution in [0.1, 0.15) is 12.8 Å². The van der Waals surface area contributed by atoms with Crippen molar-refractivity contribution >= 4 is 17.5 Å². The molecule has 1 saturated heterocycles. The molecule has 1 atom stereocenters. The highest BCUT2D eigenvalue weighted by Gasteiger charge is 2.30. The molecule has 1 aliphatic heterocycles. The minimum atomic E-state index is -0.396. The Hall–Kier alpha value is -1.95. The minimum absolute atomic E-state index is 0.116. The Kier molecular flexibility index (Phi) is 4.11. The van der Waals surface area contributed by atoms with Gasteiger partial charge >= 0.3 is 0 Å². The lowest BCUT2D eigenvalue weighted by Crippen LogP contribution is -2.43. The van der Waals surface area contributed by atoms with Gasteiger partial charge in [-0.2, -0.15) is 0 Å². The number of nitrogens with one attached hydrogen (secondary N) is 1. The van der Waals surface area contributed by atoms with Crippen LogP contribution in [0.2, 0.25) is 0 Å². The van der Waals surface area contributed by atoms with Crippen molar-refractivity contribution in [2.24, 2.45) is 5.73 Å². The molecule has 0 spiro atoms. The number of amides is 2. The zero-order valence-electron chi connectivity index (χ0n) is 10.4. The molecule has 0 aliphatic carbocycles. The lowest BCUT2D eigenvalue weighted by molar-refractivity contribution is -0.123. The molecule has 1 unspecified atom stereocenters. The number of nitrogens with two attached hydrogens (primary N) is 1. The van der Waals surface area contributed by atoms with Crippen molar-refractivity contribution in [3.8, 4) is 0 Å². The number of carbonyl (C=O) groups excluding carboxylic acids is 2. The van der Waals surface area contributed by atoms with Crippen LogP contribution in [0.15, 0.2) is 24.3 Å². The molecule has 0 radical (unpaired) electrons. The fourth-order valence-electron chi connectivity index (χ4n) is 2.26. The molecule has 2 amide bonds. The molecule has 5 nitrogen and oxygen atoms in total. The second-order valence-electron chi connectivity index (χ2n) is 4.59. The number of hydrogen-bond donors (Lipinski definition) is 2. The van der Waals surface area contributed by atoms with Crippen LogP contribution in [0.25, 0.3) is 0 Å². The maximum Gasteiger partial charge on any atom is 0.238 e. The molecular weight excluding hydrogens is 249 g/mol. The van der Waals surface area contributed by atoms with Gasteiger partial charge in [-0.25, -0.2) is 4.39 Å². The van der Waals surface area contributed by atoms with Crippen molar-refractivity contribution in [2.45, 2.75) is 18.9 Å². The first-order chi connectivity index (χ1) is 9.06. The number of primary amides is 1. The van der Waals surface area contributed by atoms with Crippen LogP contribution in [0.3, 0.4) is 0 Å². The highest BCUT2D eigenvalue weighted by atomic mass is 19.1. The molecule has 102 valence electrons. The maximum atomic E-state index is 12.7. The lowest BCUT2D eigenvalue weighted by atomic mass is 10.2. The van der Waals surface area contributed by atoms with E-state index in [4.69, 9.17) is 5.73 Å². The zero-order chi connectivity index (χ0) is 13.8. The SMILES string of the molecule is NC(=O)C1CCCN1CC(=O)Nc1ccc(F)cc1. The van der Waals surface area contributed by atoms with Crippen LogP contribution < -0.4 is 11.1 Å². The Morgan fingerprint density at radius 1 is 1.37 bits per heavy atom. The average Bonchev–Trinajstić information content (AvgIpc) is 2.80. The third-order valence-electron chi connectivity index (χ3n) is 3.17. The summed E-state index contributed by atoms with van der Waals surface area (Å²) in [4.78, 5) is 24.8. The predicted molar refractivity (Wildman–Crippen MR) is 68.8 cm³/mol. The molecule has 0 bridgehead atoms. The Labute approximate surface area is 110 Å². The van der Waals surface area contributed by atoms with Crippen LogP contribution in [-0.2, 0) is 9.59 Å². The van der Waals surface area contributed by atoms with Gasteiger partial charge in [0.25, 0.3) is 0 Å². The summed E-state index contributed by atoms with van der Waals surface area (Å²) in [5.74, 6) is -0.988. The van der Waals surface area contributed by atoms with E-state index in [-0.39, 0.29) is 24.3 Å². The van der Waals surface area contributed by atoms with E-state index >= 15 is 0 Å². The first-order valence-electron chi connectivity index (χ1n) is 6.15. The molecule has 6 heteroatoms. The van der Waals surface area contributed by atoms with E-state index in [1.807, 2.05) is 0 Å². The molecule has 1 aromatic rings. The molecule has 0 saturated carbocycles. The van der Waals surface area contributed by atoms with Gasteiger partial charge in [0.05, 0.1) is 12.6 Å². The molecular formula is C13H16FN3O2. The van der Waals surface area contributed by atoms with Crippen molar-refractivity contribution in [1.29, 1.82) is 0 Å². The molecule has 0 aromatic heterocycles. The Morgan fingerprint density at radius 2 is 2.05 bits per heavy atom. The monoisotopic (exact) mass is 265 g/mol. The molecule has 2 rings (SSSR count). The van der Waals surface area contributed by atoms with Gasteiger partial charge in [-0.15, -0.1) is 0 Å². The fraction of sp³-hybridized carbons (Fsp3) is 0.385. The molecule has 1 heterocycles. The van der Waals surface area contributed by atoms with Gasteiger partial charge in [-0.3, -0.25) is 14.5 Å². The number of anilines is 1. The van der Waals surface area contributed by atoms with Crippen molar-refractivity contribution in [2.75, 3.05) is 18.4 Å². The molecule has 19 heavy (non-hydrogen) atoms. The standard InChI is InChI=1S/C13H16FN3O2/c14-9-3-5-10(6-4-9)16-12(18)8-17-7-1-2-11(17)13(15)19/h3-6,11H,1-2,7-8H2,(H2,15,19)(H,16,18). The number of rotatable bonds is 4. The minimum Gasteiger partial charge on any atom is -0.368 e. The van der Waals surface area contributed by atoms with Gasteiger partial charge in [-0.1, -0.05) is 0 Å². The molecule has 1 fully saturated rings. The number of hydrogen-bond acceptors (Lipinski definition) is 3. The largest absolute Gasteiger partial charge is 0.368 e. The van der Waals surface area contributed by atoms with Crippen molar-refractivity contribution < 1.29 is 14.0 Å². The van der Waals surface area contributed by atoms with Gasteiger partial charge in [0, 0.05) is 5.69 Å². The summed E-state index contributed by atoms with van der Waals surface area (Å²) < 4.78 is 12.7. The van der Waals surface area contributed by atoms with Crippen molar-refractivity contribution in [3.63, 3.8) is 0 Å². The van der Waals surface area contributed by atoms with E-state index in [0.29, 0.717) is 18.7 Å². The number of carbonyl (C=O) groups is 2. The van der Waals surface area contributed by atoms with Crippen LogP contribution in [0, 0.1) is 5.82 Å². The van der Waals surface area contributed by atoms with Gasteiger partial charge in [0.15, 0.2) is 0 Å². The number of halogens is 1. The van der Waals surface area contributed by atoms with Crippen molar-refractivity contribution in [3.05, 3.63) is 30.1 Å². The number of likely N-dealkylation sites (tertiary alicyclic amines) is 1. The predicted octanol–water partition coefficient (Wildman–Crippen LogP) is 0.714. The Balaban J connectivity index is 1.90. The first kappa shape index (κ1) is 13.5. The second kappa shape index (κ2) is 5.79. The normalized spacial score (nSPS) is 19.3. The molecule has 3 N–H and O–H groups in total. The summed E-state index contributed by atoms with van der Waals surface area (Å²) in [6, 6.07) is 5.17. The van der Waals surface area contributed by atoms with Crippen LogP contribution in [0.4, 0.5) is 10.1 Å². The highest BCUT2D eigenvalue weighted by molar-refractivity contribution is 5.92. The van der Waals surface area contributed by atoms with Crippen LogP contribution in [0.5, 0.6) is 0 Å². The smallest absolute Gasteiger partial charge is 0.238 e. The summed E-state index contributed by atoms with van der Waals surface area (Å²) in [7, 11) is 0. The molecule has 1 aliphatic rings. The average molecular weight is 265 g/mol. The highest BCUT2D eigenvalue weighted by Crippen LogP contribution is 2.16. The van der Waals surface area contributed by atoms with Gasteiger partial charge < -0.3 is 11.1 Å². The topological polar surface area (TPSA) is 75.4 Å².